The minimum Gasteiger partial charge on any atom is -0.452 e. The first kappa shape index (κ1) is 40.9. The number of amides is 3. The van der Waals surface area contributed by atoms with Crippen molar-refractivity contribution in [2.45, 2.75) is 96.6 Å². The number of fused-ring (bicyclic) bond motifs is 4. The Morgan fingerprint density at radius 1 is 1.06 bits per heavy atom. The Balaban J connectivity index is 1.37. The zero-order chi connectivity index (χ0) is 38.8. The van der Waals surface area contributed by atoms with Gasteiger partial charge in [-0.15, -0.1) is 0 Å². The monoisotopic (exact) mass is 749 g/mol. The van der Waals surface area contributed by atoms with Gasteiger partial charge < -0.3 is 24.9 Å². The molecule has 4 heterocycles. The van der Waals surface area contributed by atoms with Gasteiger partial charge in [0.1, 0.15) is 17.9 Å². The number of cyclic esters (lactones) is 1. The van der Waals surface area contributed by atoms with Gasteiger partial charge in [-0.25, -0.2) is 11.3 Å². The SMILES string of the molecule is CC(C)[C@@H]1OC(=O)[C@H](CCC(=O)CC2CN(CCON)CCO2)C/C=C/c2cc3cc(ccc3cn2)[C@@H](C)NC(=O)[C@@H]2CCCN(N2)C(=O)[C@H](C)NC1=O. The fourth-order valence-corrected chi connectivity index (χ4v) is 7.04. The molecule has 3 aliphatic rings. The van der Waals surface area contributed by atoms with Crippen LogP contribution in [0.1, 0.15) is 83.5 Å². The van der Waals surface area contributed by atoms with E-state index in [-0.39, 0.29) is 49.5 Å². The molecular formula is C39H55N7O8. The maximum absolute atomic E-state index is 13.8. The molecule has 0 saturated carbocycles. The number of nitrogens with zero attached hydrogens (tertiary/aromatic N) is 3. The van der Waals surface area contributed by atoms with Crippen molar-refractivity contribution in [3.05, 3.63) is 47.8 Å². The number of morpholine rings is 1. The summed E-state index contributed by atoms with van der Waals surface area (Å²) in [6, 6.07) is 5.95. The number of esters is 1. The average Bonchev–Trinajstić information content (AvgIpc) is 3.16. The first-order chi connectivity index (χ1) is 25.9. The van der Waals surface area contributed by atoms with Crippen LogP contribution in [0.3, 0.4) is 0 Å². The second-order valence-corrected chi connectivity index (χ2v) is 14.9. The van der Waals surface area contributed by atoms with Gasteiger partial charge in [-0.3, -0.25) is 38.9 Å². The van der Waals surface area contributed by atoms with Crippen molar-refractivity contribution < 1.29 is 38.3 Å². The summed E-state index contributed by atoms with van der Waals surface area (Å²) in [4.78, 5) is 78.8. The summed E-state index contributed by atoms with van der Waals surface area (Å²) in [5, 5.41) is 9.02. The van der Waals surface area contributed by atoms with E-state index in [0.29, 0.717) is 51.4 Å². The number of pyridine rings is 1. The molecule has 1 aromatic carbocycles. The van der Waals surface area contributed by atoms with Gasteiger partial charge in [0.2, 0.25) is 5.91 Å². The number of hydrazine groups is 1. The molecule has 6 atom stereocenters. The summed E-state index contributed by atoms with van der Waals surface area (Å²) >= 11 is 0. The van der Waals surface area contributed by atoms with E-state index in [1.54, 1.807) is 27.0 Å². The topological polar surface area (TPSA) is 195 Å². The molecule has 0 spiro atoms. The van der Waals surface area contributed by atoms with Gasteiger partial charge in [0.25, 0.3) is 11.8 Å². The Kier molecular flexibility index (Phi) is 14.7. The van der Waals surface area contributed by atoms with E-state index in [1.807, 2.05) is 43.3 Å². The van der Waals surface area contributed by atoms with Crippen molar-refractivity contribution >= 4 is 46.3 Å². The summed E-state index contributed by atoms with van der Waals surface area (Å²) < 4.78 is 11.7. The number of allylic oxidation sites excluding steroid dienone is 1. The smallest absolute Gasteiger partial charge is 0.310 e. The number of Topliss-reactive ketones (excluding diaryl/α,β-unsaturated/α-hetero) is 1. The van der Waals surface area contributed by atoms with Crippen LogP contribution in [-0.2, 0) is 38.3 Å². The number of hydrogen-bond acceptors (Lipinski definition) is 12. The lowest BCUT2D eigenvalue weighted by atomic mass is 9.95. The quantitative estimate of drug-likeness (QED) is 0.216. The van der Waals surface area contributed by atoms with Crippen LogP contribution < -0.4 is 22.0 Å². The molecule has 294 valence electrons. The van der Waals surface area contributed by atoms with Crippen molar-refractivity contribution in [3.8, 4) is 0 Å². The Morgan fingerprint density at radius 3 is 2.63 bits per heavy atom. The van der Waals surface area contributed by atoms with Gasteiger partial charge in [0.15, 0.2) is 6.10 Å². The highest BCUT2D eigenvalue weighted by Gasteiger charge is 2.35. The number of benzene rings is 1. The minimum absolute atomic E-state index is 0.0386. The highest BCUT2D eigenvalue weighted by atomic mass is 16.6. The Bertz CT molecular complexity index is 1690. The minimum atomic E-state index is -1.18. The van der Waals surface area contributed by atoms with Crippen LogP contribution in [0.4, 0.5) is 0 Å². The first-order valence-corrected chi connectivity index (χ1v) is 19.0. The highest BCUT2D eigenvalue weighted by molar-refractivity contribution is 5.91. The van der Waals surface area contributed by atoms with Gasteiger partial charge in [-0.05, 0) is 74.6 Å². The van der Waals surface area contributed by atoms with Crippen molar-refractivity contribution in [2.75, 3.05) is 39.4 Å². The molecule has 2 fully saturated rings. The zero-order valence-corrected chi connectivity index (χ0v) is 31.8. The second kappa shape index (κ2) is 19.4. The van der Waals surface area contributed by atoms with Gasteiger partial charge >= 0.3 is 5.97 Å². The van der Waals surface area contributed by atoms with Gasteiger partial charge in [0, 0.05) is 50.6 Å². The number of carbonyl (C=O) groups excluding carboxylic acids is 5. The van der Waals surface area contributed by atoms with Gasteiger partial charge in [-0.1, -0.05) is 32.1 Å². The van der Waals surface area contributed by atoms with Gasteiger partial charge in [0.05, 0.1) is 37.0 Å². The van der Waals surface area contributed by atoms with Crippen LogP contribution in [-0.4, -0.2) is 108 Å². The van der Waals surface area contributed by atoms with Crippen LogP contribution in [0.2, 0.25) is 0 Å². The van der Waals surface area contributed by atoms with Crippen molar-refractivity contribution in [3.63, 3.8) is 0 Å². The number of carbonyl (C=O) groups is 5. The molecular weight excluding hydrogens is 694 g/mol. The van der Waals surface area contributed by atoms with Crippen LogP contribution in [0, 0.1) is 11.8 Å². The van der Waals surface area contributed by atoms with E-state index in [4.69, 9.17) is 20.2 Å². The third-order valence-corrected chi connectivity index (χ3v) is 10.2. The fourth-order valence-electron chi connectivity index (χ4n) is 7.04. The maximum Gasteiger partial charge on any atom is 0.310 e. The lowest BCUT2D eigenvalue weighted by Crippen LogP contribution is -2.61. The van der Waals surface area contributed by atoms with E-state index in [9.17, 15) is 24.0 Å². The molecule has 15 heteroatoms. The number of aromatic nitrogens is 1. The molecule has 2 aromatic rings. The molecule has 0 aliphatic carbocycles. The number of nitrogens with two attached hydrogens (primary N) is 1. The Hall–Kier alpha value is -4.28. The average molecular weight is 750 g/mol. The van der Waals surface area contributed by atoms with E-state index < -0.39 is 47.8 Å². The Labute approximate surface area is 316 Å². The van der Waals surface area contributed by atoms with E-state index in [2.05, 4.69) is 25.9 Å². The van der Waals surface area contributed by atoms with E-state index >= 15 is 0 Å². The molecule has 1 aromatic heterocycles. The lowest BCUT2D eigenvalue weighted by molar-refractivity contribution is -0.163. The molecule has 3 aliphatic heterocycles. The second-order valence-electron chi connectivity index (χ2n) is 14.9. The maximum atomic E-state index is 13.8. The van der Waals surface area contributed by atoms with Crippen LogP contribution >= 0.6 is 0 Å². The van der Waals surface area contributed by atoms with Crippen LogP contribution in [0.15, 0.2) is 36.5 Å². The molecule has 5 bridgehead atoms. The van der Waals surface area contributed by atoms with Gasteiger partial charge in [-0.2, -0.15) is 0 Å². The summed E-state index contributed by atoms with van der Waals surface area (Å²) in [5.41, 5.74) is 4.62. The summed E-state index contributed by atoms with van der Waals surface area (Å²) in [7, 11) is 0. The predicted molar refractivity (Wildman–Crippen MR) is 201 cm³/mol. The largest absolute Gasteiger partial charge is 0.452 e. The molecule has 5 N–H and O–H groups in total. The number of nitrogens with one attached hydrogen (secondary N) is 3. The molecule has 54 heavy (non-hydrogen) atoms. The molecule has 1 unspecified atom stereocenters. The third kappa shape index (κ3) is 11.1. The molecule has 3 amide bonds. The van der Waals surface area contributed by atoms with Crippen molar-refractivity contribution in [1.29, 1.82) is 0 Å². The Morgan fingerprint density at radius 2 is 1.85 bits per heavy atom. The zero-order valence-electron chi connectivity index (χ0n) is 31.8. The van der Waals surface area contributed by atoms with Crippen molar-refractivity contribution in [1.82, 2.24) is 31.0 Å². The van der Waals surface area contributed by atoms with E-state index in [0.717, 1.165) is 22.9 Å². The van der Waals surface area contributed by atoms with Crippen LogP contribution in [0.25, 0.3) is 16.8 Å². The van der Waals surface area contributed by atoms with Crippen LogP contribution in [0.5, 0.6) is 0 Å². The number of ether oxygens (including phenoxy) is 2. The van der Waals surface area contributed by atoms with Crippen molar-refractivity contribution in [2.24, 2.45) is 17.7 Å². The van der Waals surface area contributed by atoms with E-state index in [1.165, 1.54) is 5.01 Å². The summed E-state index contributed by atoms with van der Waals surface area (Å²) in [6.07, 6.45) is 5.88. The third-order valence-electron chi connectivity index (χ3n) is 10.2. The number of rotatable bonds is 9. The standard InChI is InChI=1S/C39H55N7O8/c1-24(2)35-37(49)43-26(4)38(50)46-14-6-9-34(44-46)36(48)42-25(3)28-10-11-29-22-41-31(20-30(29)19-28)8-5-7-27(39(51)54-35)12-13-32(47)21-33-23-45(15-17-52-33)16-18-53-40/h5,8,10-11,19-20,22,24-27,33-35,44H,6-7,9,12-18,21,23,40H2,1-4H3,(H,42,48)(H,43,49)/b8-5+/t25-,26+,27+,33?,34+,35+/m1/s1. The molecule has 5 rings (SSSR count). The summed E-state index contributed by atoms with van der Waals surface area (Å²) in [5.74, 6) is 2.14. The summed E-state index contributed by atoms with van der Waals surface area (Å²) in [6.45, 7) is 10.2. The predicted octanol–water partition coefficient (Wildman–Crippen LogP) is 2.34. The lowest BCUT2D eigenvalue weighted by Gasteiger charge is -2.35. The molecule has 2 saturated heterocycles. The number of hydrogen-bond donors (Lipinski definition) is 4. The molecule has 15 nitrogen and oxygen atoms in total. The molecule has 0 radical (unpaired) electrons. The first-order valence-electron chi connectivity index (χ1n) is 19.0. The fraction of sp³-hybridized carbons (Fsp3) is 0.590. The number of ketones is 1. The highest BCUT2D eigenvalue weighted by Crippen LogP contribution is 2.24. The normalized spacial score (nSPS) is 27.3.